The van der Waals surface area contributed by atoms with Crippen LogP contribution in [0.5, 0.6) is 0 Å². The molecule has 54 heavy (non-hydrogen) atoms. The molecule has 5 aromatic heterocycles. The Balaban J connectivity index is 1.09. The average molecular weight is 844 g/mol. The van der Waals surface area contributed by atoms with Gasteiger partial charge >= 0.3 is 0 Å². The normalized spacial score (nSPS) is 15.6. The Morgan fingerprint density at radius 3 is 2.17 bits per heavy atom. The Labute approximate surface area is 333 Å². The molecule has 1 unspecified atom stereocenters. The minimum absolute atomic E-state index is 0.0184. The summed E-state index contributed by atoms with van der Waals surface area (Å²) in [6.45, 7) is 5.20. The highest BCUT2D eigenvalue weighted by Gasteiger charge is 2.43. The highest BCUT2D eigenvalue weighted by Crippen LogP contribution is 2.40. The van der Waals surface area contributed by atoms with Crippen molar-refractivity contribution in [3.8, 4) is 34.2 Å². The van der Waals surface area contributed by atoms with Gasteiger partial charge in [-0.3, -0.25) is 0 Å². The zero-order valence-electron chi connectivity index (χ0n) is 28.2. The summed E-state index contributed by atoms with van der Waals surface area (Å²) < 4.78 is 41.8. The van der Waals surface area contributed by atoms with Crippen molar-refractivity contribution in [2.45, 2.75) is 48.7 Å². The van der Waals surface area contributed by atoms with Crippen molar-refractivity contribution >= 4 is 75.3 Å². The molecule has 6 heterocycles. The summed E-state index contributed by atoms with van der Waals surface area (Å²) in [7, 11) is 0. The lowest BCUT2D eigenvalue weighted by molar-refractivity contribution is 0.129. The van der Waals surface area contributed by atoms with E-state index in [0.717, 1.165) is 29.1 Å². The average Bonchev–Trinajstić information content (AvgIpc) is 4.02. The summed E-state index contributed by atoms with van der Waals surface area (Å²) in [6.07, 6.45) is 0. The summed E-state index contributed by atoms with van der Waals surface area (Å²) in [6, 6.07) is 10.8. The van der Waals surface area contributed by atoms with Gasteiger partial charge < -0.3 is 18.5 Å². The standard InChI is InChI=1S/C34H26Cl2F2N10O2S4/c1-3-47-28(18-7-9-51-14-18)41-43-32(47)53-16-27-39-30(49-45-27)22-12-26(38)23(13-25(22)37)34(40-31(50-46-34)21-11-20(35)5-6-24(21)36)17-54-33-44-42-29(48(33)4-2)19-8-10-52-15-19/h5-15,46H,3-4,16-17H2,1-2H3. The van der Waals surface area contributed by atoms with Crippen LogP contribution in [-0.2, 0) is 29.3 Å². The molecule has 0 saturated heterocycles. The van der Waals surface area contributed by atoms with Crippen molar-refractivity contribution in [3.05, 3.63) is 103 Å². The van der Waals surface area contributed by atoms with Crippen LogP contribution in [0.1, 0.15) is 30.8 Å². The maximum atomic E-state index is 16.4. The highest BCUT2D eigenvalue weighted by atomic mass is 35.5. The molecule has 276 valence electrons. The Hall–Kier alpha value is -4.17. The number of benzene rings is 2. The number of hydrogen-bond acceptors (Lipinski definition) is 14. The van der Waals surface area contributed by atoms with E-state index in [0.29, 0.717) is 44.8 Å². The van der Waals surface area contributed by atoms with Gasteiger partial charge in [0.15, 0.2) is 33.4 Å². The van der Waals surface area contributed by atoms with E-state index in [1.807, 2.05) is 56.6 Å². The Kier molecular flexibility index (Phi) is 10.6. The first kappa shape index (κ1) is 36.8. The van der Waals surface area contributed by atoms with Gasteiger partial charge in [0.25, 0.3) is 5.89 Å². The molecule has 2 aromatic carbocycles. The Morgan fingerprint density at radius 2 is 1.52 bits per heavy atom. The number of halogens is 4. The highest BCUT2D eigenvalue weighted by molar-refractivity contribution is 7.99. The van der Waals surface area contributed by atoms with Crippen LogP contribution in [0.3, 0.4) is 0 Å². The van der Waals surface area contributed by atoms with E-state index in [-0.39, 0.29) is 40.2 Å². The smallest absolute Gasteiger partial charge is 0.261 e. The summed E-state index contributed by atoms with van der Waals surface area (Å²) in [5.74, 6) is 0.247. The molecular formula is C34H26Cl2F2N10O2S4. The number of aliphatic imine (C=N–C) groups is 1. The fraction of sp³-hybridized carbons (Fsp3) is 0.206. The number of rotatable bonds is 13. The molecule has 1 N–H and O–H groups in total. The summed E-state index contributed by atoms with van der Waals surface area (Å²) in [5, 5.41) is 31.3. The van der Waals surface area contributed by atoms with Crippen molar-refractivity contribution in [2.24, 2.45) is 4.99 Å². The molecule has 7 aromatic rings. The molecule has 20 heteroatoms. The van der Waals surface area contributed by atoms with Gasteiger partial charge in [0, 0.05) is 51.3 Å². The van der Waals surface area contributed by atoms with E-state index in [4.69, 9.17) is 37.6 Å². The first-order valence-electron chi connectivity index (χ1n) is 16.3. The van der Waals surface area contributed by atoms with Gasteiger partial charge in [-0.05, 0) is 67.1 Å². The minimum atomic E-state index is -1.64. The van der Waals surface area contributed by atoms with Gasteiger partial charge in [0.05, 0.1) is 21.9 Å². The van der Waals surface area contributed by atoms with E-state index >= 15 is 8.78 Å². The third kappa shape index (κ3) is 7.07. The number of thioether (sulfide) groups is 2. The maximum Gasteiger partial charge on any atom is 0.261 e. The maximum absolute atomic E-state index is 16.4. The van der Waals surface area contributed by atoms with Crippen LogP contribution in [0.2, 0.25) is 10.0 Å². The molecule has 1 atom stereocenters. The molecule has 0 saturated carbocycles. The van der Waals surface area contributed by atoms with Gasteiger partial charge in [-0.1, -0.05) is 51.9 Å². The van der Waals surface area contributed by atoms with Crippen molar-refractivity contribution in [1.29, 1.82) is 0 Å². The second-order valence-corrected chi connectivity index (χ2v) is 15.9. The molecule has 1 aliphatic rings. The molecule has 8 rings (SSSR count). The number of hydrogen-bond donors (Lipinski definition) is 1. The monoisotopic (exact) mass is 842 g/mol. The van der Waals surface area contributed by atoms with Gasteiger partial charge in [0.1, 0.15) is 11.6 Å². The zero-order chi connectivity index (χ0) is 37.4. The van der Waals surface area contributed by atoms with Crippen LogP contribution < -0.4 is 5.48 Å². The quantitative estimate of drug-likeness (QED) is 0.111. The topological polar surface area (TPSA) is 134 Å². The number of thiophene rings is 2. The Bertz CT molecular complexity index is 2470. The third-order valence-corrected chi connectivity index (χ3v) is 12.4. The van der Waals surface area contributed by atoms with Crippen molar-refractivity contribution in [1.82, 2.24) is 45.1 Å². The fourth-order valence-corrected chi connectivity index (χ4v) is 9.27. The van der Waals surface area contributed by atoms with Crippen molar-refractivity contribution < 1.29 is 18.1 Å². The predicted molar refractivity (Wildman–Crippen MR) is 207 cm³/mol. The van der Waals surface area contributed by atoms with Crippen LogP contribution in [0.4, 0.5) is 8.78 Å². The van der Waals surface area contributed by atoms with E-state index in [1.165, 1.54) is 23.5 Å². The van der Waals surface area contributed by atoms with Crippen LogP contribution in [0.15, 0.2) is 83.8 Å². The van der Waals surface area contributed by atoms with Crippen molar-refractivity contribution in [3.63, 3.8) is 0 Å². The van der Waals surface area contributed by atoms with Crippen LogP contribution >= 0.6 is 69.4 Å². The van der Waals surface area contributed by atoms with Gasteiger partial charge in [-0.2, -0.15) is 27.7 Å². The van der Waals surface area contributed by atoms with E-state index in [1.54, 1.807) is 40.9 Å². The third-order valence-electron chi connectivity index (χ3n) is 8.33. The van der Waals surface area contributed by atoms with Gasteiger partial charge in [0.2, 0.25) is 5.90 Å². The molecule has 0 radical (unpaired) electrons. The van der Waals surface area contributed by atoms with Crippen LogP contribution in [-0.4, -0.2) is 51.3 Å². The predicted octanol–water partition coefficient (Wildman–Crippen LogP) is 9.22. The fourth-order valence-electron chi connectivity index (χ4n) is 5.70. The second-order valence-electron chi connectivity index (χ2n) is 11.6. The molecule has 1 aliphatic heterocycles. The number of nitrogens with one attached hydrogen (secondary N) is 1. The molecule has 12 nitrogen and oxygen atoms in total. The largest absolute Gasteiger partial charge is 0.385 e. The summed E-state index contributed by atoms with van der Waals surface area (Å²) in [4.78, 5) is 15.0. The van der Waals surface area contributed by atoms with E-state index in [2.05, 4.69) is 36.0 Å². The van der Waals surface area contributed by atoms with Crippen LogP contribution in [0, 0.1) is 11.6 Å². The lowest BCUT2D eigenvalue weighted by Gasteiger charge is -2.25. The van der Waals surface area contributed by atoms with Gasteiger partial charge in [-0.25, -0.2) is 13.8 Å². The lowest BCUT2D eigenvalue weighted by Crippen LogP contribution is -2.39. The molecule has 0 aliphatic carbocycles. The molecule has 0 bridgehead atoms. The first-order chi connectivity index (χ1) is 26.3. The van der Waals surface area contributed by atoms with E-state index < -0.39 is 17.3 Å². The number of aromatic nitrogens is 8. The van der Waals surface area contributed by atoms with Crippen molar-refractivity contribution in [2.75, 3.05) is 5.75 Å². The second kappa shape index (κ2) is 15.5. The zero-order valence-corrected chi connectivity index (χ0v) is 32.9. The number of nitrogens with zero attached hydrogens (tertiary/aromatic N) is 9. The lowest BCUT2D eigenvalue weighted by atomic mass is 9.99. The van der Waals surface area contributed by atoms with E-state index in [9.17, 15) is 0 Å². The van der Waals surface area contributed by atoms with Crippen LogP contribution in [0.25, 0.3) is 34.2 Å². The Morgan fingerprint density at radius 1 is 0.833 bits per heavy atom. The SMILES string of the molecule is CCn1c(SCc2noc(-c3cc(F)c(C4(CSc5nnc(-c6ccsc6)n5CC)N=C(c5cc(Cl)ccc5Cl)ON4)cc3F)n2)nnc1-c1ccsc1. The van der Waals surface area contributed by atoms with Gasteiger partial charge in [-0.15, -0.1) is 25.9 Å². The summed E-state index contributed by atoms with van der Waals surface area (Å²) >= 11 is 18.5. The molecule has 0 amide bonds. The molecule has 0 fully saturated rings. The molecule has 0 spiro atoms. The summed E-state index contributed by atoms with van der Waals surface area (Å²) in [5.41, 5.74) is 3.13. The first-order valence-corrected chi connectivity index (χ1v) is 20.9. The molecular weight excluding hydrogens is 818 g/mol. The number of hydroxylamine groups is 1. The minimum Gasteiger partial charge on any atom is -0.385 e.